The van der Waals surface area contributed by atoms with E-state index in [1.807, 2.05) is 0 Å². The van der Waals surface area contributed by atoms with Gasteiger partial charge in [0.15, 0.2) is 17.3 Å². The van der Waals surface area contributed by atoms with E-state index in [4.69, 9.17) is 4.84 Å². The summed E-state index contributed by atoms with van der Waals surface area (Å²) >= 11 is 0. The molecule has 7 heteroatoms. The smallest absolute Gasteiger partial charge is 0.440 e. The maximum atomic E-state index is 11.1. The molecule has 0 unspecified atom stereocenters. The van der Waals surface area contributed by atoms with E-state index in [0.29, 0.717) is 16.9 Å². The Morgan fingerprint density at radius 2 is 1.41 bits per heavy atom. The first-order chi connectivity index (χ1) is 12.6. The van der Waals surface area contributed by atoms with Crippen LogP contribution in [0.5, 0.6) is 11.5 Å². The molecule has 144 valence electrons. The number of ether oxygens (including phenoxy) is 1. The Labute approximate surface area is 157 Å². The van der Waals surface area contributed by atoms with Crippen LogP contribution in [0.3, 0.4) is 0 Å². The van der Waals surface area contributed by atoms with Gasteiger partial charge >= 0.3 is 6.09 Å². The van der Waals surface area contributed by atoms with Gasteiger partial charge in [0.25, 0.3) is 0 Å². The third kappa shape index (κ3) is 6.81. The fourth-order valence-electron chi connectivity index (χ4n) is 1.90. The zero-order valence-electron chi connectivity index (χ0n) is 16.0. The summed E-state index contributed by atoms with van der Waals surface area (Å²) in [5.41, 5.74) is 4.75. The number of hydrogen-bond acceptors (Lipinski definition) is 6. The number of carbonyl (C=O) groups is 3. The number of hydroxylamine groups is 1. The monoisotopic (exact) mass is 373 g/mol. The third-order valence-electron chi connectivity index (χ3n) is 3.64. The van der Waals surface area contributed by atoms with Gasteiger partial charge in [-0.15, -0.1) is 0 Å². The summed E-state index contributed by atoms with van der Waals surface area (Å²) in [6, 6.07) is 9.92. The number of aromatic hydroxyl groups is 1. The van der Waals surface area contributed by atoms with E-state index in [1.54, 1.807) is 44.2 Å². The zero-order valence-corrected chi connectivity index (χ0v) is 16.0. The molecule has 0 saturated heterocycles. The number of benzene rings is 2. The van der Waals surface area contributed by atoms with E-state index in [9.17, 15) is 19.5 Å². The fourth-order valence-corrected chi connectivity index (χ4v) is 1.90. The van der Waals surface area contributed by atoms with Crippen LogP contribution in [0.4, 0.5) is 4.79 Å². The highest BCUT2D eigenvalue weighted by atomic mass is 16.7. The summed E-state index contributed by atoms with van der Waals surface area (Å²) in [5.74, 6) is 0.499. The summed E-state index contributed by atoms with van der Waals surface area (Å²) in [4.78, 5) is 37.7. The van der Waals surface area contributed by atoms with E-state index in [0.717, 1.165) is 11.1 Å². The third-order valence-corrected chi connectivity index (χ3v) is 3.64. The highest BCUT2D eigenvalue weighted by Gasteiger charge is 2.07. The molecule has 1 amide bonds. The van der Waals surface area contributed by atoms with Crippen LogP contribution in [0.15, 0.2) is 36.4 Å². The number of hydrogen-bond donors (Lipinski definition) is 2. The predicted molar refractivity (Wildman–Crippen MR) is 100 cm³/mol. The van der Waals surface area contributed by atoms with Crippen molar-refractivity contribution in [2.75, 3.05) is 7.11 Å². The molecular formula is C20H23NO6. The molecule has 0 radical (unpaired) electrons. The minimum Gasteiger partial charge on any atom is -0.508 e. The number of ketones is 2. The lowest BCUT2D eigenvalue weighted by Crippen LogP contribution is -2.26. The Morgan fingerprint density at radius 3 is 1.89 bits per heavy atom. The largest absolute Gasteiger partial charge is 0.508 e. The quantitative estimate of drug-likeness (QED) is 0.625. The molecule has 0 fully saturated rings. The second-order valence-electron chi connectivity index (χ2n) is 5.79. The fraction of sp³-hybridized carbons (Fsp3) is 0.250. The molecule has 2 N–H and O–H groups in total. The molecule has 0 spiro atoms. The van der Waals surface area contributed by atoms with Crippen LogP contribution in [-0.4, -0.2) is 29.9 Å². The molecule has 0 aliphatic carbocycles. The normalized spacial score (nSPS) is 9.52. The SMILES string of the molecule is CC(=O)c1ccc(C)c(O)c1.COC(=O)NOc1cc(C(C)=O)ccc1C. The van der Waals surface area contributed by atoms with Crippen LogP contribution in [0.1, 0.15) is 45.7 Å². The van der Waals surface area contributed by atoms with Gasteiger partial charge in [-0.25, -0.2) is 4.79 Å². The van der Waals surface area contributed by atoms with Crippen LogP contribution < -0.4 is 10.3 Å². The molecule has 2 aromatic rings. The topological polar surface area (TPSA) is 102 Å². The van der Waals surface area contributed by atoms with Crippen LogP contribution in [0.2, 0.25) is 0 Å². The van der Waals surface area contributed by atoms with Crippen molar-refractivity contribution in [3.05, 3.63) is 58.7 Å². The number of methoxy groups -OCH3 is 1. The van der Waals surface area contributed by atoms with E-state index < -0.39 is 6.09 Å². The van der Waals surface area contributed by atoms with Crippen LogP contribution in [0, 0.1) is 13.8 Å². The highest BCUT2D eigenvalue weighted by molar-refractivity contribution is 5.95. The Hall–Kier alpha value is -3.35. The second kappa shape index (κ2) is 9.96. The summed E-state index contributed by atoms with van der Waals surface area (Å²) in [6.45, 7) is 6.53. The molecule has 0 bridgehead atoms. The number of phenols is 1. The van der Waals surface area contributed by atoms with Crippen LogP contribution >= 0.6 is 0 Å². The van der Waals surface area contributed by atoms with Crippen molar-refractivity contribution in [2.45, 2.75) is 27.7 Å². The molecule has 27 heavy (non-hydrogen) atoms. The Bertz CT molecular complexity index is 844. The Kier molecular flexibility index (Phi) is 8.00. The van der Waals surface area contributed by atoms with Gasteiger partial charge in [-0.1, -0.05) is 24.3 Å². The van der Waals surface area contributed by atoms with Crippen molar-refractivity contribution in [2.24, 2.45) is 0 Å². The summed E-state index contributed by atoms with van der Waals surface area (Å²) < 4.78 is 4.35. The Balaban J connectivity index is 0.000000289. The lowest BCUT2D eigenvalue weighted by Gasteiger charge is -2.09. The van der Waals surface area contributed by atoms with Gasteiger partial charge in [-0.05, 0) is 51.0 Å². The molecule has 0 aliphatic rings. The molecule has 7 nitrogen and oxygen atoms in total. The number of Topliss-reactive ketones (excluding diaryl/α,β-unsaturated/α-hetero) is 2. The van der Waals surface area contributed by atoms with Gasteiger partial charge in [0.1, 0.15) is 5.75 Å². The van der Waals surface area contributed by atoms with Gasteiger partial charge in [0, 0.05) is 11.1 Å². The van der Waals surface area contributed by atoms with Gasteiger partial charge in [0.05, 0.1) is 7.11 Å². The first-order valence-corrected chi connectivity index (χ1v) is 8.08. The Morgan fingerprint density at radius 1 is 0.889 bits per heavy atom. The van der Waals surface area contributed by atoms with E-state index >= 15 is 0 Å². The maximum absolute atomic E-state index is 11.1. The molecular weight excluding hydrogens is 350 g/mol. The average Bonchev–Trinajstić information content (AvgIpc) is 2.63. The number of nitrogens with one attached hydrogen (secondary N) is 1. The van der Waals surface area contributed by atoms with Crippen LogP contribution in [0.25, 0.3) is 0 Å². The van der Waals surface area contributed by atoms with Gasteiger partial charge in [0.2, 0.25) is 0 Å². The zero-order chi connectivity index (χ0) is 20.6. The van der Waals surface area contributed by atoms with Gasteiger partial charge < -0.3 is 14.7 Å². The summed E-state index contributed by atoms with van der Waals surface area (Å²) in [7, 11) is 1.23. The minimum atomic E-state index is -0.701. The van der Waals surface area contributed by atoms with E-state index in [2.05, 4.69) is 10.2 Å². The standard InChI is InChI=1S/C11H13NO4.C9H10O2/c1-7-4-5-9(8(2)13)6-10(7)16-12-11(14)15-3;1-6-3-4-8(7(2)10)5-9(6)11/h4-6H,1-3H3,(H,12,14);3-5,11H,1-2H3. The lowest BCUT2D eigenvalue weighted by atomic mass is 10.1. The highest BCUT2D eigenvalue weighted by Crippen LogP contribution is 2.19. The first kappa shape index (κ1) is 21.7. The van der Waals surface area contributed by atoms with Crippen molar-refractivity contribution >= 4 is 17.7 Å². The van der Waals surface area contributed by atoms with Gasteiger partial charge in [-0.3, -0.25) is 9.59 Å². The molecule has 0 aromatic heterocycles. The average molecular weight is 373 g/mol. The van der Waals surface area contributed by atoms with Crippen molar-refractivity contribution < 1.29 is 29.1 Å². The van der Waals surface area contributed by atoms with E-state index in [-0.39, 0.29) is 17.3 Å². The van der Waals surface area contributed by atoms with Crippen molar-refractivity contribution in [1.82, 2.24) is 5.48 Å². The number of rotatable bonds is 4. The number of phenolic OH excluding ortho intramolecular Hbond substituents is 1. The first-order valence-electron chi connectivity index (χ1n) is 8.08. The lowest BCUT2D eigenvalue weighted by molar-refractivity contribution is 0.100. The maximum Gasteiger partial charge on any atom is 0.440 e. The van der Waals surface area contributed by atoms with E-state index in [1.165, 1.54) is 27.0 Å². The number of amides is 1. The molecule has 0 atom stereocenters. The minimum absolute atomic E-state index is 0.0275. The predicted octanol–water partition coefficient (Wildman–Crippen LogP) is 3.75. The summed E-state index contributed by atoms with van der Waals surface area (Å²) in [6.07, 6.45) is -0.701. The molecule has 0 saturated carbocycles. The number of aryl methyl sites for hydroxylation is 2. The van der Waals surface area contributed by atoms with Crippen molar-refractivity contribution in [3.63, 3.8) is 0 Å². The van der Waals surface area contributed by atoms with Crippen LogP contribution in [-0.2, 0) is 4.74 Å². The second-order valence-corrected chi connectivity index (χ2v) is 5.79. The van der Waals surface area contributed by atoms with Gasteiger partial charge in [-0.2, -0.15) is 5.48 Å². The van der Waals surface area contributed by atoms with Crippen molar-refractivity contribution in [1.29, 1.82) is 0 Å². The molecule has 2 rings (SSSR count). The number of carbonyl (C=O) groups excluding carboxylic acids is 3. The molecule has 0 heterocycles. The van der Waals surface area contributed by atoms with Crippen molar-refractivity contribution in [3.8, 4) is 11.5 Å². The molecule has 2 aromatic carbocycles. The summed E-state index contributed by atoms with van der Waals surface area (Å²) in [5, 5.41) is 9.20. The molecule has 0 aliphatic heterocycles.